The zero-order valence-electron chi connectivity index (χ0n) is 9.59. The highest BCUT2D eigenvalue weighted by molar-refractivity contribution is 5.88. The SMILES string of the molecule is CC(C)[C@]1(C)O[C@@]2(C)CC[C@@H]1CC2=O. The molecule has 3 rings (SSSR count). The molecule has 1 saturated carbocycles. The van der Waals surface area contributed by atoms with Crippen molar-refractivity contribution < 1.29 is 9.53 Å². The van der Waals surface area contributed by atoms with E-state index in [9.17, 15) is 4.79 Å². The molecule has 3 fully saturated rings. The van der Waals surface area contributed by atoms with E-state index in [-0.39, 0.29) is 5.60 Å². The number of rotatable bonds is 1. The van der Waals surface area contributed by atoms with Gasteiger partial charge in [0.25, 0.3) is 0 Å². The highest BCUT2D eigenvalue weighted by Gasteiger charge is 2.56. The van der Waals surface area contributed by atoms with E-state index in [1.807, 2.05) is 6.92 Å². The summed E-state index contributed by atoms with van der Waals surface area (Å²) < 4.78 is 6.08. The van der Waals surface area contributed by atoms with Crippen LogP contribution in [0, 0.1) is 11.8 Å². The Morgan fingerprint density at radius 2 is 2.07 bits per heavy atom. The Morgan fingerprint density at radius 3 is 2.50 bits per heavy atom. The molecule has 3 aliphatic rings. The van der Waals surface area contributed by atoms with Crippen molar-refractivity contribution in [1.29, 1.82) is 0 Å². The summed E-state index contributed by atoms with van der Waals surface area (Å²) >= 11 is 0. The maximum absolute atomic E-state index is 11.8. The summed E-state index contributed by atoms with van der Waals surface area (Å²) in [6, 6.07) is 0. The van der Waals surface area contributed by atoms with Gasteiger partial charge in [-0.2, -0.15) is 0 Å². The van der Waals surface area contributed by atoms with Gasteiger partial charge in [0.1, 0.15) is 5.60 Å². The Kier molecular flexibility index (Phi) is 2.04. The molecule has 3 atom stereocenters. The van der Waals surface area contributed by atoms with Gasteiger partial charge in [-0.3, -0.25) is 4.79 Å². The van der Waals surface area contributed by atoms with Gasteiger partial charge in [0, 0.05) is 6.42 Å². The van der Waals surface area contributed by atoms with Gasteiger partial charge in [-0.05, 0) is 38.5 Å². The topological polar surface area (TPSA) is 26.3 Å². The van der Waals surface area contributed by atoms with E-state index in [2.05, 4.69) is 20.8 Å². The van der Waals surface area contributed by atoms with E-state index in [1.54, 1.807) is 0 Å². The van der Waals surface area contributed by atoms with Crippen LogP contribution in [0.4, 0.5) is 0 Å². The molecule has 2 bridgehead atoms. The molecule has 0 N–H and O–H groups in total. The van der Waals surface area contributed by atoms with E-state index in [0.29, 0.717) is 17.6 Å². The minimum Gasteiger partial charge on any atom is -0.361 e. The number of Topliss-reactive ketones (excluding diaryl/α,β-unsaturated/α-hetero) is 1. The van der Waals surface area contributed by atoms with Gasteiger partial charge in [-0.15, -0.1) is 0 Å². The molecular formula is C12H20O2. The van der Waals surface area contributed by atoms with Gasteiger partial charge in [-0.1, -0.05) is 13.8 Å². The van der Waals surface area contributed by atoms with Crippen LogP contribution in [0.25, 0.3) is 0 Å². The number of ether oxygens (including phenoxy) is 1. The summed E-state index contributed by atoms with van der Waals surface area (Å²) in [5.74, 6) is 1.24. The second kappa shape index (κ2) is 2.82. The molecule has 0 radical (unpaired) electrons. The normalized spacial score (nSPS) is 47.5. The van der Waals surface area contributed by atoms with Crippen LogP contribution in [0.1, 0.15) is 47.0 Å². The molecule has 0 aromatic heterocycles. The van der Waals surface area contributed by atoms with Crippen LogP contribution in [0.3, 0.4) is 0 Å². The first-order valence-electron chi connectivity index (χ1n) is 5.62. The highest BCUT2D eigenvalue weighted by atomic mass is 16.5. The average Bonchev–Trinajstić information content (AvgIpc) is 2.08. The number of ketones is 1. The van der Waals surface area contributed by atoms with E-state index in [0.717, 1.165) is 19.3 Å². The van der Waals surface area contributed by atoms with Crippen molar-refractivity contribution >= 4 is 5.78 Å². The summed E-state index contributed by atoms with van der Waals surface area (Å²) in [5, 5.41) is 0. The summed E-state index contributed by atoms with van der Waals surface area (Å²) in [4.78, 5) is 11.8. The lowest BCUT2D eigenvalue weighted by Crippen LogP contribution is -2.62. The van der Waals surface area contributed by atoms with Crippen LogP contribution in [0.5, 0.6) is 0 Å². The van der Waals surface area contributed by atoms with Gasteiger partial charge in [0.05, 0.1) is 5.60 Å². The Morgan fingerprint density at radius 1 is 1.43 bits per heavy atom. The van der Waals surface area contributed by atoms with Crippen molar-refractivity contribution in [2.24, 2.45) is 11.8 Å². The molecule has 0 unspecified atom stereocenters. The molecule has 14 heavy (non-hydrogen) atoms. The summed E-state index contributed by atoms with van der Waals surface area (Å²) in [7, 11) is 0. The third kappa shape index (κ3) is 1.16. The lowest BCUT2D eigenvalue weighted by Gasteiger charge is -2.55. The van der Waals surface area contributed by atoms with Gasteiger partial charge < -0.3 is 4.74 Å². The van der Waals surface area contributed by atoms with E-state index in [1.165, 1.54) is 0 Å². The number of hydrogen-bond acceptors (Lipinski definition) is 2. The Bertz CT molecular complexity index is 271. The largest absolute Gasteiger partial charge is 0.361 e. The molecule has 2 heterocycles. The number of carbonyl (C=O) groups excluding carboxylic acids is 1. The van der Waals surface area contributed by atoms with Crippen molar-refractivity contribution in [1.82, 2.24) is 0 Å². The molecule has 1 aliphatic carbocycles. The fourth-order valence-corrected chi connectivity index (χ4v) is 2.89. The third-order valence-electron chi connectivity index (χ3n) is 4.39. The van der Waals surface area contributed by atoms with Crippen molar-refractivity contribution in [3.05, 3.63) is 0 Å². The molecule has 0 aromatic carbocycles. The fourth-order valence-electron chi connectivity index (χ4n) is 2.89. The van der Waals surface area contributed by atoms with Gasteiger partial charge >= 0.3 is 0 Å². The average molecular weight is 196 g/mol. The first kappa shape index (κ1) is 10.2. The molecule has 2 nitrogen and oxygen atoms in total. The Hall–Kier alpha value is -0.370. The van der Waals surface area contributed by atoms with Crippen molar-refractivity contribution in [3.8, 4) is 0 Å². The highest BCUT2D eigenvalue weighted by Crippen LogP contribution is 2.50. The van der Waals surface area contributed by atoms with Crippen LogP contribution in [-0.2, 0) is 9.53 Å². The predicted molar refractivity (Wildman–Crippen MR) is 55.1 cm³/mol. The first-order chi connectivity index (χ1) is 6.38. The van der Waals surface area contributed by atoms with E-state index >= 15 is 0 Å². The molecule has 2 heteroatoms. The quantitative estimate of drug-likeness (QED) is 0.644. The van der Waals surface area contributed by atoms with Crippen molar-refractivity contribution in [2.75, 3.05) is 0 Å². The molecule has 80 valence electrons. The number of carbonyl (C=O) groups is 1. The maximum Gasteiger partial charge on any atom is 0.164 e. The smallest absolute Gasteiger partial charge is 0.164 e. The van der Waals surface area contributed by atoms with Crippen LogP contribution in [-0.4, -0.2) is 17.0 Å². The van der Waals surface area contributed by atoms with Crippen LogP contribution in [0.2, 0.25) is 0 Å². The molecular weight excluding hydrogens is 176 g/mol. The summed E-state index contributed by atoms with van der Waals surface area (Å²) in [5.41, 5.74) is -0.561. The minimum atomic E-state index is -0.478. The standard InChI is InChI=1S/C12H20O2/c1-8(2)12(4)9-5-6-11(3,14-12)10(13)7-9/h8-9H,5-7H2,1-4H3/t9-,11+,12+/m1/s1. The second-order valence-electron chi connectivity index (χ2n) is 5.53. The number of hydrogen-bond donors (Lipinski definition) is 0. The predicted octanol–water partition coefficient (Wildman–Crippen LogP) is 2.56. The monoisotopic (exact) mass is 196 g/mol. The maximum atomic E-state index is 11.8. The molecule has 2 aliphatic heterocycles. The lowest BCUT2D eigenvalue weighted by atomic mass is 9.64. The van der Waals surface area contributed by atoms with Crippen LogP contribution < -0.4 is 0 Å². The van der Waals surface area contributed by atoms with Crippen molar-refractivity contribution in [2.45, 2.75) is 58.2 Å². The second-order valence-corrected chi connectivity index (χ2v) is 5.53. The molecule has 0 aromatic rings. The van der Waals surface area contributed by atoms with Crippen LogP contribution in [0.15, 0.2) is 0 Å². The van der Waals surface area contributed by atoms with E-state index in [4.69, 9.17) is 4.74 Å². The van der Waals surface area contributed by atoms with Gasteiger partial charge in [-0.25, -0.2) is 0 Å². The molecule has 2 saturated heterocycles. The minimum absolute atomic E-state index is 0.0824. The third-order valence-corrected chi connectivity index (χ3v) is 4.39. The Labute approximate surface area is 86.0 Å². The Balaban J connectivity index is 2.32. The summed E-state index contributed by atoms with van der Waals surface area (Å²) in [6.07, 6.45) is 2.79. The number of fused-ring (bicyclic) bond motifs is 3. The fraction of sp³-hybridized carbons (Fsp3) is 0.917. The van der Waals surface area contributed by atoms with Crippen molar-refractivity contribution in [3.63, 3.8) is 0 Å². The lowest BCUT2D eigenvalue weighted by molar-refractivity contribution is -0.240. The van der Waals surface area contributed by atoms with E-state index < -0.39 is 5.60 Å². The molecule has 0 amide bonds. The summed E-state index contributed by atoms with van der Waals surface area (Å²) in [6.45, 7) is 8.51. The van der Waals surface area contributed by atoms with Crippen LogP contribution >= 0.6 is 0 Å². The zero-order valence-corrected chi connectivity index (χ0v) is 9.59. The van der Waals surface area contributed by atoms with Gasteiger partial charge in [0.15, 0.2) is 5.78 Å². The van der Waals surface area contributed by atoms with Gasteiger partial charge in [0.2, 0.25) is 0 Å². The zero-order chi connectivity index (χ0) is 10.6. The first-order valence-corrected chi connectivity index (χ1v) is 5.62. The molecule has 0 spiro atoms.